The normalized spacial score (nSPS) is 10.6. The smallest absolute Gasteiger partial charge is 0.251 e. The number of imidazole rings is 1. The third-order valence-electron chi connectivity index (χ3n) is 5.06. The SMILES string of the molecule is O=C(CSc1nccn1-c1cccc(C(=O)NCc2ccccc2)c1)NCc1ccccc1Cl. The number of amides is 2. The Kier molecular flexibility index (Phi) is 8.01. The van der Waals surface area contributed by atoms with Gasteiger partial charge in [0, 0.05) is 41.8 Å². The van der Waals surface area contributed by atoms with Gasteiger partial charge in [-0.15, -0.1) is 0 Å². The van der Waals surface area contributed by atoms with E-state index in [9.17, 15) is 9.59 Å². The topological polar surface area (TPSA) is 76.0 Å². The van der Waals surface area contributed by atoms with Gasteiger partial charge in [-0.05, 0) is 35.4 Å². The number of nitrogens with one attached hydrogen (secondary N) is 2. The molecule has 6 nitrogen and oxygen atoms in total. The molecule has 0 unspecified atom stereocenters. The molecule has 1 heterocycles. The van der Waals surface area contributed by atoms with Gasteiger partial charge in [-0.25, -0.2) is 4.98 Å². The minimum Gasteiger partial charge on any atom is -0.351 e. The van der Waals surface area contributed by atoms with Crippen LogP contribution in [0.2, 0.25) is 5.02 Å². The summed E-state index contributed by atoms with van der Waals surface area (Å²) in [5.41, 5.74) is 3.25. The van der Waals surface area contributed by atoms with Crippen molar-refractivity contribution < 1.29 is 9.59 Å². The number of benzene rings is 3. The molecule has 0 atom stereocenters. The maximum atomic E-state index is 12.6. The first-order valence-corrected chi connectivity index (χ1v) is 12.1. The lowest BCUT2D eigenvalue weighted by Gasteiger charge is -2.10. The molecule has 0 saturated heterocycles. The molecule has 0 radical (unpaired) electrons. The van der Waals surface area contributed by atoms with E-state index < -0.39 is 0 Å². The maximum absolute atomic E-state index is 12.6. The van der Waals surface area contributed by atoms with Crippen molar-refractivity contribution in [1.29, 1.82) is 0 Å². The zero-order valence-corrected chi connectivity index (χ0v) is 19.9. The highest BCUT2D eigenvalue weighted by Gasteiger charge is 2.12. The van der Waals surface area contributed by atoms with E-state index >= 15 is 0 Å². The molecule has 8 heteroatoms. The summed E-state index contributed by atoms with van der Waals surface area (Å²) in [6, 6.07) is 24.5. The minimum atomic E-state index is -0.154. The molecule has 2 N–H and O–H groups in total. The molecule has 0 saturated carbocycles. The summed E-state index contributed by atoms with van der Waals surface area (Å²) < 4.78 is 1.86. The molecule has 3 aromatic carbocycles. The van der Waals surface area contributed by atoms with Crippen molar-refractivity contribution >= 4 is 35.2 Å². The summed E-state index contributed by atoms with van der Waals surface area (Å²) in [5.74, 6) is -0.0638. The molecule has 0 bridgehead atoms. The van der Waals surface area contributed by atoms with Crippen LogP contribution in [0.3, 0.4) is 0 Å². The summed E-state index contributed by atoms with van der Waals surface area (Å²) in [7, 11) is 0. The summed E-state index contributed by atoms with van der Waals surface area (Å²) in [6.45, 7) is 0.826. The molecule has 172 valence electrons. The van der Waals surface area contributed by atoms with Crippen molar-refractivity contribution in [2.75, 3.05) is 5.75 Å². The highest BCUT2D eigenvalue weighted by molar-refractivity contribution is 7.99. The molecule has 0 aliphatic rings. The fraction of sp³-hybridized carbons (Fsp3) is 0.115. The van der Waals surface area contributed by atoms with Crippen molar-refractivity contribution in [2.45, 2.75) is 18.2 Å². The first-order chi connectivity index (χ1) is 16.6. The third-order valence-corrected chi connectivity index (χ3v) is 6.39. The van der Waals surface area contributed by atoms with Crippen LogP contribution in [-0.4, -0.2) is 27.1 Å². The number of carbonyl (C=O) groups excluding carboxylic acids is 2. The predicted octanol–water partition coefficient (Wildman–Crippen LogP) is 4.86. The average Bonchev–Trinajstić information content (AvgIpc) is 3.35. The molecular formula is C26H23ClN4O2S. The standard InChI is InChI=1S/C26H23ClN4O2S/c27-23-12-5-4-9-21(23)17-29-24(32)18-34-26-28-13-14-31(26)22-11-6-10-20(15-22)25(33)30-16-19-7-2-1-3-8-19/h1-15H,16-18H2,(H,29,32)(H,30,33). The highest BCUT2D eigenvalue weighted by Crippen LogP contribution is 2.21. The molecule has 1 aromatic heterocycles. The Bertz CT molecular complexity index is 1280. The van der Waals surface area contributed by atoms with Gasteiger partial charge in [-0.3, -0.25) is 14.2 Å². The molecule has 4 rings (SSSR count). The summed E-state index contributed by atoms with van der Waals surface area (Å²) in [4.78, 5) is 29.4. The van der Waals surface area contributed by atoms with E-state index in [1.807, 2.05) is 77.5 Å². The Morgan fingerprint density at radius 2 is 1.71 bits per heavy atom. The van der Waals surface area contributed by atoms with Crippen molar-refractivity contribution in [3.8, 4) is 5.69 Å². The van der Waals surface area contributed by atoms with E-state index in [1.165, 1.54) is 11.8 Å². The number of aromatic nitrogens is 2. The third kappa shape index (κ3) is 6.27. The van der Waals surface area contributed by atoms with E-state index in [1.54, 1.807) is 18.3 Å². The number of nitrogens with zero attached hydrogens (tertiary/aromatic N) is 2. The highest BCUT2D eigenvalue weighted by atomic mass is 35.5. The Balaban J connectivity index is 1.35. The van der Waals surface area contributed by atoms with E-state index in [2.05, 4.69) is 15.6 Å². The molecule has 0 aliphatic carbocycles. The fourth-order valence-electron chi connectivity index (χ4n) is 3.29. The maximum Gasteiger partial charge on any atom is 0.251 e. The number of rotatable bonds is 9. The summed E-state index contributed by atoms with van der Waals surface area (Å²) >= 11 is 7.47. The monoisotopic (exact) mass is 490 g/mol. The average molecular weight is 491 g/mol. The minimum absolute atomic E-state index is 0.117. The van der Waals surface area contributed by atoms with Crippen LogP contribution in [0.25, 0.3) is 5.69 Å². The first-order valence-electron chi connectivity index (χ1n) is 10.7. The van der Waals surface area contributed by atoms with Gasteiger partial charge in [0.25, 0.3) is 5.91 Å². The number of hydrogen-bond donors (Lipinski definition) is 2. The number of hydrogen-bond acceptors (Lipinski definition) is 4. The Morgan fingerprint density at radius 1 is 0.912 bits per heavy atom. The van der Waals surface area contributed by atoms with Crippen molar-refractivity contribution in [3.05, 3.63) is 113 Å². The molecule has 34 heavy (non-hydrogen) atoms. The van der Waals surface area contributed by atoms with Crippen LogP contribution < -0.4 is 10.6 Å². The summed E-state index contributed by atoms with van der Waals surface area (Å²) in [5, 5.41) is 7.11. The Labute approximate surface area is 207 Å². The largest absolute Gasteiger partial charge is 0.351 e. The fourth-order valence-corrected chi connectivity index (χ4v) is 4.29. The van der Waals surface area contributed by atoms with Crippen LogP contribution in [0.1, 0.15) is 21.5 Å². The van der Waals surface area contributed by atoms with Gasteiger partial charge in [-0.2, -0.15) is 0 Å². The van der Waals surface area contributed by atoms with Crippen LogP contribution in [0.5, 0.6) is 0 Å². The summed E-state index contributed by atoms with van der Waals surface area (Å²) in [6.07, 6.45) is 3.48. The Morgan fingerprint density at radius 3 is 2.53 bits per heavy atom. The van der Waals surface area contributed by atoms with Crippen LogP contribution in [0, 0.1) is 0 Å². The second-order valence-corrected chi connectivity index (χ2v) is 8.80. The van der Waals surface area contributed by atoms with Crippen molar-refractivity contribution in [1.82, 2.24) is 20.2 Å². The zero-order valence-electron chi connectivity index (χ0n) is 18.3. The number of halogens is 1. The van der Waals surface area contributed by atoms with Gasteiger partial charge >= 0.3 is 0 Å². The van der Waals surface area contributed by atoms with E-state index in [0.29, 0.717) is 28.8 Å². The predicted molar refractivity (Wildman–Crippen MR) is 135 cm³/mol. The lowest BCUT2D eigenvalue weighted by atomic mass is 10.1. The van der Waals surface area contributed by atoms with Crippen LogP contribution >= 0.6 is 23.4 Å². The molecule has 0 spiro atoms. The first kappa shape index (κ1) is 23.6. The molecule has 2 amide bonds. The zero-order chi connectivity index (χ0) is 23.8. The lowest BCUT2D eigenvalue weighted by molar-refractivity contribution is -0.118. The van der Waals surface area contributed by atoms with Gasteiger partial charge in [0.1, 0.15) is 0 Å². The Hall–Kier alpha value is -3.55. The van der Waals surface area contributed by atoms with Crippen LogP contribution in [-0.2, 0) is 17.9 Å². The van der Waals surface area contributed by atoms with Gasteiger partial charge in [-0.1, -0.05) is 78.0 Å². The van der Waals surface area contributed by atoms with Gasteiger partial charge in [0.05, 0.1) is 5.75 Å². The van der Waals surface area contributed by atoms with E-state index in [4.69, 9.17) is 11.6 Å². The second-order valence-electron chi connectivity index (χ2n) is 7.46. The van der Waals surface area contributed by atoms with Gasteiger partial charge in [0.2, 0.25) is 5.91 Å². The molecular weight excluding hydrogens is 468 g/mol. The van der Waals surface area contributed by atoms with Gasteiger partial charge < -0.3 is 10.6 Å². The molecule has 0 aliphatic heterocycles. The van der Waals surface area contributed by atoms with Crippen molar-refractivity contribution in [3.63, 3.8) is 0 Å². The lowest BCUT2D eigenvalue weighted by Crippen LogP contribution is -2.24. The number of carbonyl (C=O) groups is 2. The number of thioether (sulfide) groups is 1. The molecule has 4 aromatic rings. The van der Waals surface area contributed by atoms with Crippen LogP contribution in [0.4, 0.5) is 0 Å². The quantitative estimate of drug-likeness (QED) is 0.328. The van der Waals surface area contributed by atoms with Gasteiger partial charge in [0.15, 0.2) is 5.16 Å². The van der Waals surface area contributed by atoms with E-state index in [0.717, 1.165) is 16.8 Å². The molecule has 0 fully saturated rings. The van der Waals surface area contributed by atoms with Crippen molar-refractivity contribution in [2.24, 2.45) is 0 Å². The second kappa shape index (κ2) is 11.5. The van der Waals surface area contributed by atoms with Crippen LogP contribution in [0.15, 0.2) is 96.4 Å². The van der Waals surface area contributed by atoms with E-state index in [-0.39, 0.29) is 17.6 Å².